The number of thiazole rings is 1. The van der Waals surface area contributed by atoms with Crippen LogP contribution in [-0.2, 0) is 13.0 Å². The fraction of sp³-hybridized carbons (Fsp3) is 0.417. The van der Waals surface area contributed by atoms with Crippen LogP contribution in [0.5, 0.6) is 0 Å². The van der Waals surface area contributed by atoms with Crippen LogP contribution >= 0.6 is 22.7 Å². The van der Waals surface area contributed by atoms with Crippen molar-refractivity contribution >= 4 is 27.8 Å². The maximum atomic E-state index is 5.36. The molecule has 6 heteroatoms. The number of anilines is 1. The van der Waals surface area contributed by atoms with Crippen molar-refractivity contribution in [1.82, 2.24) is 9.88 Å². The minimum Gasteiger partial charge on any atom is -0.300 e. The Morgan fingerprint density at radius 3 is 3.28 bits per heavy atom. The van der Waals surface area contributed by atoms with Gasteiger partial charge in [-0.05, 0) is 30.4 Å². The van der Waals surface area contributed by atoms with E-state index in [1.54, 1.807) is 16.2 Å². The van der Waals surface area contributed by atoms with Gasteiger partial charge < -0.3 is 0 Å². The lowest BCUT2D eigenvalue weighted by molar-refractivity contribution is 0.193. The molecule has 0 saturated carbocycles. The van der Waals surface area contributed by atoms with Gasteiger partial charge in [0.1, 0.15) is 0 Å². The molecule has 18 heavy (non-hydrogen) atoms. The monoisotopic (exact) mass is 280 g/mol. The first-order valence-electron chi connectivity index (χ1n) is 5.99. The quantitative estimate of drug-likeness (QED) is 0.670. The lowest BCUT2D eigenvalue weighted by Gasteiger charge is -2.33. The van der Waals surface area contributed by atoms with E-state index in [9.17, 15) is 0 Å². The van der Waals surface area contributed by atoms with Crippen molar-refractivity contribution in [1.29, 1.82) is 0 Å². The second-order valence-electron chi connectivity index (χ2n) is 4.47. The van der Waals surface area contributed by atoms with E-state index in [0.717, 1.165) is 24.6 Å². The van der Waals surface area contributed by atoms with Crippen LogP contribution in [-0.4, -0.2) is 16.4 Å². The van der Waals surface area contributed by atoms with Crippen LogP contribution in [0.4, 0.5) is 5.13 Å². The first kappa shape index (κ1) is 12.1. The zero-order valence-electron chi connectivity index (χ0n) is 10.2. The van der Waals surface area contributed by atoms with E-state index in [0.29, 0.717) is 6.04 Å². The van der Waals surface area contributed by atoms with Gasteiger partial charge in [-0.3, -0.25) is 10.3 Å². The largest absolute Gasteiger partial charge is 0.300 e. The molecule has 4 nitrogen and oxygen atoms in total. The molecule has 0 amide bonds. The molecular weight excluding hydrogens is 264 g/mol. The van der Waals surface area contributed by atoms with Crippen molar-refractivity contribution in [2.75, 3.05) is 12.0 Å². The summed E-state index contributed by atoms with van der Waals surface area (Å²) >= 11 is 3.51. The Morgan fingerprint density at radius 2 is 2.50 bits per heavy atom. The predicted octanol–water partition coefficient (Wildman–Crippen LogP) is 2.61. The number of thiophene rings is 1. The average molecular weight is 280 g/mol. The Balaban J connectivity index is 1.74. The molecule has 3 heterocycles. The highest BCUT2D eigenvalue weighted by molar-refractivity contribution is 7.15. The Hall–Kier alpha value is -0.950. The van der Waals surface area contributed by atoms with Crippen molar-refractivity contribution < 1.29 is 0 Å². The number of aromatic nitrogens is 1. The molecular formula is C12H16N4S2. The molecule has 1 aliphatic rings. The summed E-state index contributed by atoms with van der Waals surface area (Å²) in [6.45, 7) is 4.36. The molecule has 0 saturated heterocycles. The van der Waals surface area contributed by atoms with E-state index in [2.05, 4.69) is 33.7 Å². The van der Waals surface area contributed by atoms with E-state index < -0.39 is 0 Å². The number of nitrogens with two attached hydrogens (primary N) is 1. The lowest BCUT2D eigenvalue weighted by atomic mass is 10.0. The fourth-order valence-electron chi connectivity index (χ4n) is 2.42. The number of nitrogens with one attached hydrogen (secondary N) is 1. The van der Waals surface area contributed by atoms with E-state index >= 15 is 0 Å². The highest BCUT2D eigenvalue weighted by Gasteiger charge is 2.24. The number of fused-ring (bicyclic) bond motifs is 1. The second kappa shape index (κ2) is 4.97. The smallest absolute Gasteiger partial charge is 0.197 e. The number of hydrogen-bond donors (Lipinski definition) is 2. The molecule has 0 aliphatic carbocycles. The standard InChI is InChI=1S/C12H16N4S2/c1-8-10-3-5-17-11(10)2-4-16(8)7-9-6-14-12(15-13)18-9/h3,5-6,8H,2,4,7,13H2,1H3,(H,14,15). The van der Waals surface area contributed by atoms with Crippen LogP contribution in [0.3, 0.4) is 0 Å². The topological polar surface area (TPSA) is 54.2 Å². The zero-order chi connectivity index (χ0) is 12.5. The highest BCUT2D eigenvalue weighted by Crippen LogP contribution is 2.34. The van der Waals surface area contributed by atoms with Crippen molar-refractivity contribution in [3.63, 3.8) is 0 Å². The summed E-state index contributed by atoms with van der Waals surface area (Å²) < 4.78 is 0. The molecule has 3 N–H and O–H groups in total. The molecule has 1 unspecified atom stereocenters. The van der Waals surface area contributed by atoms with Gasteiger partial charge in [-0.2, -0.15) is 0 Å². The molecule has 2 aromatic heterocycles. The fourth-order valence-corrected chi connectivity index (χ4v) is 4.14. The van der Waals surface area contributed by atoms with Crippen LogP contribution in [0.25, 0.3) is 0 Å². The van der Waals surface area contributed by atoms with Crippen LogP contribution in [0.1, 0.15) is 28.3 Å². The molecule has 0 aromatic carbocycles. The molecule has 1 atom stereocenters. The Morgan fingerprint density at radius 1 is 1.61 bits per heavy atom. The van der Waals surface area contributed by atoms with Crippen LogP contribution in [0.2, 0.25) is 0 Å². The van der Waals surface area contributed by atoms with Gasteiger partial charge in [0.25, 0.3) is 0 Å². The SMILES string of the molecule is CC1c2ccsc2CCN1Cc1cnc(NN)s1. The summed E-state index contributed by atoms with van der Waals surface area (Å²) in [5.74, 6) is 5.36. The lowest BCUT2D eigenvalue weighted by Crippen LogP contribution is -2.32. The number of hydrogen-bond acceptors (Lipinski definition) is 6. The summed E-state index contributed by atoms with van der Waals surface area (Å²) in [4.78, 5) is 9.53. The van der Waals surface area contributed by atoms with E-state index in [4.69, 9.17) is 5.84 Å². The minimum atomic E-state index is 0.497. The first-order chi connectivity index (χ1) is 8.78. The third kappa shape index (κ3) is 2.16. The molecule has 96 valence electrons. The summed E-state index contributed by atoms with van der Waals surface area (Å²) in [7, 11) is 0. The molecule has 2 aromatic rings. The van der Waals surface area contributed by atoms with Crippen LogP contribution < -0.4 is 11.3 Å². The first-order valence-corrected chi connectivity index (χ1v) is 7.69. The van der Waals surface area contributed by atoms with Gasteiger partial charge in [-0.25, -0.2) is 10.8 Å². The van der Waals surface area contributed by atoms with Crippen LogP contribution in [0.15, 0.2) is 17.6 Å². The molecule has 3 rings (SSSR count). The van der Waals surface area contributed by atoms with Gasteiger partial charge in [0.15, 0.2) is 5.13 Å². The average Bonchev–Trinajstić information content (AvgIpc) is 3.01. The number of nitrogens with zero attached hydrogens (tertiary/aromatic N) is 2. The van der Waals surface area contributed by atoms with E-state index in [1.807, 2.05) is 17.5 Å². The molecule has 0 radical (unpaired) electrons. The third-order valence-corrected chi connectivity index (χ3v) is 5.35. The third-order valence-electron chi connectivity index (χ3n) is 3.44. The zero-order valence-corrected chi connectivity index (χ0v) is 11.9. The van der Waals surface area contributed by atoms with Crippen LogP contribution in [0, 0.1) is 0 Å². The van der Waals surface area contributed by atoms with Gasteiger partial charge in [-0.1, -0.05) is 11.3 Å². The highest BCUT2D eigenvalue weighted by atomic mass is 32.1. The number of nitrogen functional groups attached to an aromatic ring is 1. The van der Waals surface area contributed by atoms with Gasteiger partial charge in [0.2, 0.25) is 0 Å². The minimum absolute atomic E-state index is 0.497. The van der Waals surface area contributed by atoms with E-state index in [-0.39, 0.29) is 0 Å². The normalized spacial score (nSPS) is 19.8. The Labute approximate surface area is 114 Å². The van der Waals surface area contributed by atoms with Gasteiger partial charge in [0.05, 0.1) is 0 Å². The van der Waals surface area contributed by atoms with Gasteiger partial charge in [-0.15, -0.1) is 11.3 Å². The number of rotatable bonds is 3. The maximum absolute atomic E-state index is 5.36. The van der Waals surface area contributed by atoms with Gasteiger partial charge >= 0.3 is 0 Å². The summed E-state index contributed by atoms with van der Waals surface area (Å²) in [5.41, 5.74) is 4.09. The Kier molecular flexibility index (Phi) is 3.34. The molecule has 0 bridgehead atoms. The molecule has 1 aliphatic heterocycles. The summed E-state index contributed by atoms with van der Waals surface area (Å²) in [5, 5.41) is 2.99. The van der Waals surface area contributed by atoms with Crippen molar-refractivity contribution in [3.05, 3.63) is 33.0 Å². The Bertz CT molecular complexity index is 534. The summed E-state index contributed by atoms with van der Waals surface area (Å²) in [6.07, 6.45) is 3.08. The van der Waals surface area contributed by atoms with Crippen molar-refractivity contribution in [2.24, 2.45) is 5.84 Å². The molecule has 0 fully saturated rings. The van der Waals surface area contributed by atoms with Crippen molar-refractivity contribution in [3.8, 4) is 0 Å². The van der Waals surface area contributed by atoms with Crippen molar-refractivity contribution in [2.45, 2.75) is 25.9 Å². The predicted molar refractivity (Wildman–Crippen MR) is 76.8 cm³/mol. The number of hydrazine groups is 1. The summed E-state index contributed by atoms with van der Waals surface area (Å²) in [6, 6.07) is 2.76. The second-order valence-corrected chi connectivity index (χ2v) is 6.59. The molecule has 0 spiro atoms. The van der Waals surface area contributed by atoms with E-state index in [1.165, 1.54) is 10.4 Å². The van der Waals surface area contributed by atoms with Gasteiger partial charge in [0, 0.05) is 35.1 Å². The maximum Gasteiger partial charge on any atom is 0.197 e.